The second-order valence-corrected chi connectivity index (χ2v) is 15.2. The van der Waals surface area contributed by atoms with Gasteiger partial charge in [0.05, 0.1) is 34.0 Å². The maximum absolute atomic E-state index is 15.6. The molecule has 3 aromatic rings. The predicted octanol–water partition coefficient (Wildman–Crippen LogP) is 4.66. The van der Waals surface area contributed by atoms with E-state index in [4.69, 9.17) is 26.3 Å². The molecule has 0 unspecified atom stereocenters. The van der Waals surface area contributed by atoms with Crippen molar-refractivity contribution in [2.24, 2.45) is 5.92 Å². The second kappa shape index (κ2) is 11.4. The van der Waals surface area contributed by atoms with Crippen LogP contribution in [0.1, 0.15) is 77.6 Å². The summed E-state index contributed by atoms with van der Waals surface area (Å²) in [6, 6.07) is 5.85. The Labute approximate surface area is 280 Å². The fourth-order valence-electron chi connectivity index (χ4n) is 9.29. The van der Waals surface area contributed by atoms with Crippen molar-refractivity contribution in [3.05, 3.63) is 62.8 Å². The summed E-state index contributed by atoms with van der Waals surface area (Å²) < 4.78 is 24.1. The molecule has 3 atom stereocenters. The van der Waals surface area contributed by atoms with Crippen LogP contribution in [0.25, 0.3) is 0 Å². The van der Waals surface area contributed by atoms with Crippen LogP contribution in [0.3, 0.4) is 0 Å². The van der Waals surface area contributed by atoms with E-state index in [9.17, 15) is 4.79 Å². The predicted molar refractivity (Wildman–Crippen MR) is 177 cm³/mol. The van der Waals surface area contributed by atoms with Gasteiger partial charge in [0.25, 0.3) is 5.91 Å². The van der Waals surface area contributed by atoms with Gasteiger partial charge in [-0.05, 0) is 69.7 Å². The van der Waals surface area contributed by atoms with Gasteiger partial charge in [-0.3, -0.25) is 19.3 Å². The number of halogens is 2. The number of amides is 1. The third-order valence-electron chi connectivity index (χ3n) is 11.5. The summed E-state index contributed by atoms with van der Waals surface area (Å²) in [7, 11) is 5.51. The summed E-state index contributed by atoms with van der Waals surface area (Å²) in [5.74, 6) is 1.11. The van der Waals surface area contributed by atoms with E-state index in [1.807, 2.05) is 10.7 Å². The zero-order chi connectivity index (χ0) is 32.7. The van der Waals surface area contributed by atoms with Crippen LogP contribution in [0.2, 0.25) is 5.02 Å². The Bertz CT molecular complexity index is 1750. The highest BCUT2D eigenvalue weighted by Gasteiger charge is 2.50. The molecule has 2 aromatic heterocycles. The minimum Gasteiger partial charge on any atom is -0.461 e. The molecule has 47 heavy (non-hydrogen) atoms. The van der Waals surface area contributed by atoms with Gasteiger partial charge in [-0.2, -0.15) is 15.1 Å². The van der Waals surface area contributed by atoms with Gasteiger partial charge in [0, 0.05) is 57.8 Å². The zero-order valence-electron chi connectivity index (χ0n) is 27.9. The quantitative estimate of drug-likeness (QED) is 0.390. The number of rotatable bonds is 5. The molecule has 5 aliphatic rings. The highest BCUT2D eigenvalue weighted by molar-refractivity contribution is 6.34. The number of fused-ring (bicyclic) bond motifs is 5. The van der Waals surface area contributed by atoms with Crippen molar-refractivity contribution >= 4 is 23.3 Å². The Kier molecular flexibility index (Phi) is 7.53. The Morgan fingerprint density at radius 1 is 1.15 bits per heavy atom. The smallest absolute Gasteiger partial charge is 0.318 e. The number of anilines is 1. The molecule has 1 amide bonds. The summed E-state index contributed by atoms with van der Waals surface area (Å²) >= 11 is 6.87. The highest BCUT2D eigenvalue weighted by Crippen LogP contribution is 2.49. The number of likely N-dealkylation sites (N-methyl/N-ethyl adjacent to an activating group) is 1. The molecule has 1 aromatic carbocycles. The molecular formula is C35H44ClFN8O2. The molecular weight excluding hydrogens is 619 g/mol. The van der Waals surface area contributed by atoms with E-state index in [2.05, 4.69) is 39.8 Å². The average Bonchev–Trinajstić information content (AvgIpc) is 3.73. The molecule has 0 radical (unpaired) electrons. The molecule has 1 spiro atoms. The molecule has 2 saturated heterocycles. The summed E-state index contributed by atoms with van der Waals surface area (Å²) in [6.45, 7) is 7.55. The molecule has 10 nitrogen and oxygen atoms in total. The zero-order valence-corrected chi connectivity index (χ0v) is 28.6. The minimum atomic E-state index is -0.472. The highest BCUT2D eigenvalue weighted by atomic mass is 35.5. The topological polar surface area (TPSA) is 82.9 Å². The van der Waals surface area contributed by atoms with E-state index in [0.29, 0.717) is 49.6 Å². The van der Waals surface area contributed by atoms with Gasteiger partial charge in [-0.25, -0.2) is 4.39 Å². The van der Waals surface area contributed by atoms with E-state index >= 15 is 4.39 Å². The van der Waals surface area contributed by atoms with Gasteiger partial charge in [0.2, 0.25) is 0 Å². The van der Waals surface area contributed by atoms with Crippen LogP contribution in [0.15, 0.2) is 18.2 Å². The number of carbonyl (C=O) groups excluding carboxylic acids is 1. The van der Waals surface area contributed by atoms with E-state index < -0.39 is 5.54 Å². The fraction of sp³-hybridized carbons (Fsp3) is 0.600. The molecule has 0 saturated carbocycles. The first-order chi connectivity index (χ1) is 22.6. The maximum atomic E-state index is 15.6. The van der Waals surface area contributed by atoms with Crippen molar-refractivity contribution in [1.29, 1.82) is 0 Å². The molecule has 12 heteroatoms. The lowest BCUT2D eigenvalue weighted by Crippen LogP contribution is -2.48. The molecule has 0 N–H and O–H groups in total. The number of aromatic nitrogens is 4. The third kappa shape index (κ3) is 4.94. The summed E-state index contributed by atoms with van der Waals surface area (Å²) in [6.07, 6.45) is 6.51. The lowest BCUT2D eigenvalue weighted by Gasteiger charge is -2.44. The molecule has 6 heterocycles. The van der Waals surface area contributed by atoms with Crippen molar-refractivity contribution in [2.75, 3.05) is 52.3 Å². The Hall–Kier alpha value is -3.28. The van der Waals surface area contributed by atoms with Crippen LogP contribution in [-0.2, 0) is 38.0 Å². The molecule has 2 fully saturated rings. The molecule has 250 valence electrons. The average molecular weight is 663 g/mol. The van der Waals surface area contributed by atoms with Crippen LogP contribution in [0.5, 0.6) is 6.01 Å². The molecule has 4 aliphatic heterocycles. The lowest BCUT2D eigenvalue weighted by atomic mass is 9.80. The normalized spacial score (nSPS) is 27.0. The number of hydrogen-bond donors (Lipinski definition) is 0. The van der Waals surface area contributed by atoms with Crippen molar-refractivity contribution in [1.82, 2.24) is 34.4 Å². The minimum absolute atomic E-state index is 0.0335. The largest absolute Gasteiger partial charge is 0.461 e. The number of benzene rings is 1. The first kappa shape index (κ1) is 31.0. The van der Waals surface area contributed by atoms with E-state index in [1.54, 1.807) is 20.2 Å². The first-order valence-corrected chi connectivity index (χ1v) is 17.4. The van der Waals surface area contributed by atoms with Gasteiger partial charge < -0.3 is 14.5 Å². The maximum Gasteiger partial charge on any atom is 0.318 e. The van der Waals surface area contributed by atoms with Crippen LogP contribution in [0.4, 0.5) is 10.2 Å². The van der Waals surface area contributed by atoms with Gasteiger partial charge in [0.1, 0.15) is 18.2 Å². The Balaban J connectivity index is 1.19. The fourth-order valence-corrected chi connectivity index (χ4v) is 9.56. The van der Waals surface area contributed by atoms with Crippen molar-refractivity contribution in [3.8, 4) is 6.01 Å². The summed E-state index contributed by atoms with van der Waals surface area (Å²) in [5, 5.41) is 5.01. The van der Waals surface area contributed by atoms with E-state index in [0.717, 1.165) is 85.6 Å². The number of hydrogen-bond acceptors (Lipinski definition) is 8. The van der Waals surface area contributed by atoms with Crippen LogP contribution in [-0.4, -0.2) is 93.3 Å². The van der Waals surface area contributed by atoms with Crippen molar-refractivity contribution in [2.45, 2.75) is 82.6 Å². The number of ether oxygens (including phenoxy) is 1. The summed E-state index contributed by atoms with van der Waals surface area (Å²) in [5.41, 5.74) is 4.49. The molecule has 1 aliphatic carbocycles. The van der Waals surface area contributed by atoms with Crippen molar-refractivity contribution < 1.29 is 13.9 Å². The van der Waals surface area contributed by atoms with Crippen LogP contribution < -0.4 is 9.64 Å². The van der Waals surface area contributed by atoms with Crippen molar-refractivity contribution in [3.63, 3.8) is 0 Å². The molecule has 8 rings (SSSR count). The van der Waals surface area contributed by atoms with E-state index in [-0.39, 0.29) is 23.0 Å². The standard InChI is InChI=1S/C35H44ClFN8O2/c1-22-16-34(11-6-14-44(34)18-22)21-47-33-38-26-17-35(12-10-23-8-5-9-25(37)28(23)35)42(4)19-24(26)31(39-33)43-13-7-15-45-27(20-43)29(36)30(40-45)32(46)41(2)3/h5,8-9,22H,6-7,10-21H2,1-4H3/t22-,34+,35+/m1/s1. The van der Waals surface area contributed by atoms with E-state index in [1.165, 1.54) is 11.3 Å². The van der Waals surface area contributed by atoms with Gasteiger partial charge in [-0.1, -0.05) is 30.7 Å². The number of nitrogens with zero attached hydrogens (tertiary/aromatic N) is 8. The van der Waals surface area contributed by atoms with Gasteiger partial charge >= 0.3 is 6.01 Å². The molecule has 0 bridgehead atoms. The second-order valence-electron chi connectivity index (χ2n) is 14.8. The van der Waals surface area contributed by atoms with Crippen LogP contribution in [0, 0.1) is 11.7 Å². The van der Waals surface area contributed by atoms with Gasteiger partial charge in [0.15, 0.2) is 5.69 Å². The Morgan fingerprint density at radius 2 is 2.00 bits per heavy atom. The third-order valence-corrected chi connectivity index (χ3v) is 11.9. The summed E-state index contributed by atoms with van der Waals surface area (Å²) in [4.78, 5) is 31.8. The Morgan fingerprint density at radius 3 is 2.83 bits per heavy atom. The van der Waals surface area contributed by atoms with Crippen LogP contribution >= 0.6 is 11.6 Å². The SMILES string of the molecule is C[C@H]1CN2CCC[C@@]2(COc2nc3c(c(N4CCCn5nc(C(=O)N(C)C)c(Cl)c5C4)n2)CN(C)[C@@]2(CCc4cccc(F)c42)C3)C1. The number of carbonyl (C=O) groups is 1. The number of aryl methyl sites for hydroxylation is 2. The van der Waals surface area contributed by atoms with Gasteiger partial charge in [-0.15, -0.1) is 0 Å². The monoisotopic (exact) mass is 662 g/mol. The first-order valence-electron chi connectivity index (χ1n) is 17.1. The lowest BCUT2D eigenvalue weighted by molar-refractivity contribution is 0.0821.